The number of hydrogen-bond donors (Lipinski definition) is 1. The van der Waals surface area contributed by atoms with Crippen LogP contribution in [0.5, 0.6) is 5.75 Å². The van der Waals surface area contributed by atoms with E-state index in [1.807, 2.05) is 24.3 Å². The summed E-state index contributed by atoms with van der Waals surface area (Å²) >= 11 is 7.12. The fraction of sp³-hybridized carbons (Fsp3) is 0.161. The number of hydrogen-bond acceptors (Lipinski definition) is 5. The molecule has 2 heterocycles. The molecule has 3 aromatic carbocycles. The molecule has 0 aliphatic heterocycles. The van der Waals surface area contributed by atoms with Crippen LogP contribution in [0.25, 0.3) is 22.8 Å². The van der Waals surface area contributed by atoms with Crippen LogP contribution in [0.4, 0.5) is 13.2 Å². The lowest BCUT2D eigenvalue weighted by atomic mass is 10.0. The summed E-state index contributed by atoms with van der Waals surface area (Å²) in [7, 11) is 0. The van der Waals surface area contributed by atoms with Crippen LogP contribution in [0.3, 0.4) is 0 Å². The van der Waals surface area contributed by atoms with Gasteiger partial charge in [-0.3, -0.25) is 4.57 Å². The molecule has 0 fully saturated rings. The molecule has 0 atom stereocenters. The van der Waals surface area contributed by atoms with Gasteiger partial charge in [-0.25, -0.2) is 9.67 Å². The third-order valence-electron chi connectivity index (χ3n) is 6.73. The zero-order chi connectivity index (χ0) is 30.1. The monoisotopic (exact) mass is 618 g/mol. The molecule has 0 saturated carbocycles. The minimum absolute atomic E-state index is 0.302. The average molecular weight is 619 g/mol. The smallest absolute Gasteiger partial charge is 0.406 e. The average Bonchev–Trinajstić information content (AvgIpc) is 3.60. The molecular weight excluding hydrogens is 594 g/mol. The largest absolute Gasteiger partial charge is 0.573 e. The number of benzene rings is 3. The van der Waals surface area contributed by atoms with Gasteiger partial charge in [-0.2, -0.15) is 4.99 Å². The van der Waals surface area contributed by atoms with E-state index in [0.29, 0.717) is 29.1 Å². The maximum Gasteiger partial charge on any atom is 0.573 e. The minimum atomic E-state index is -4.74. The summed E-state index contributed by atoms with van der Waals surface area (Å²) in [4.78, 5) is 9.88. The van der Waals surface area contributed by atoms with E-state index in [1.165, 1.54) is 46.4 Å². The number of aromatic nitrogens is 4. The van der Waals surface area contributed by atoms with E-state index in [0.717, 1.165) is 27.3 Å². The molecule has 0 unspecified atom stereocenters. The van der Waals surface area contributed by atoms with Crippen LogP contribution in [0.1, 0.15) is 28.3 Å². The lowest BCUT2D eigenvalue weighted by molar-refractivity contribution is -0.274. The molecule has 43 heavy (non-hydrogen) atoms. The predicted molar refractivity (Wildman–Crippen MR) is 163 cm³/mol. The lowest BCUT2D eigenvalue weighted by Crippen LogP contribution is -2.24. The first-order chi connectivity index (χ1) is 20.6. The van der Waals surface area contributed by atoms with Gasteiger partial charge in [0.05, 0.1) is 11.4 Å². The second-order valence-corrected chi connectivity index (χ2v) is 11.2. The Morgan fingerprint density at radius 3 is 2.49 bits per heavy atom. The Kier molecular flexibility index (Phi) is 7.72. The highest BCUT2D eigenvalue weighted by Gasteiger charge is 2.31. The van der Waals surface area contributed by atoms with Crippen molar-refractivity contribution in [2.75, 3.05) is 0 Å². The maximum absolute atomic E-state index is 12.4. The highest BCUT2D eigenvalue weighted by atomic mass is 32.1. The molecule has 12 heteroatoms. The van der Waals surface area contributed by atoms with Gasteiger partial charge in [-0.05, 0) is 67.5 Å². The summed E-state index contributed by atoms with van der Waals surface area (Å²) in [5, 5.41) is 10.2. The van der Waals surface area contributed by atoms with Crippen molar-refractivity contribution in [3.8, 4) is 28.5 Å². The van der Waals surface area contributed by atoms with E-state index in [-0.39, 0.29) is 5.75 Å². The summed E-state index contributed by atoms with van der Waals surface area (Å²) in [6.45, 7) is 4.66. The molecule has 0 saturated heterocycles. The number of allylic oxidation sites excluding steroid dienone is 2. The van der Waals surface area contributed by atoms with Crippen LogP contribution >= 0.6 is 23.6 Å². The van der Waals surface area contributed by atoms with Crippen LogP contribution in [-0.2, 0) is 6.54 Å². The Bertz CT molecular complexity index is 1880. The number of thiocarbonyl (C=S) groups is 1. The molecule has 1 N–H and O–H groups in total. The number of nitrogens with one attached hydrogen (secondary N) is 1. The zero-order valence-electron chi connectivity index (χ0n) is 23.0. The summed E-state index contributed by atoms with van der Waals surface area (Å²) in [5.41, 5.74) is 7.03. The lowest BCUT2D eigenvalue weighted by Gasteiger charge is -2.13. The molecule has 1 aliphatic carbocycles. The minimum Gasteiger partial charge on any atom is -0.406 e. The molecule has 218 valence electrons. The van der Waals surface area contributed by atoms with Crippen molar-refractivity contribution in [1.29, 1.82) is 0 Å². The normalized spacial score (nSPS) is 13.4. The van der Waals surface area contributed by atoms with Crippen LogP contribution in [0, 0.1) is 13.8 Å². The highest BCUT2D eigenvalue weighted by Crippen LogP contribution is 2.35. The van der Waals surface area contributed by atoms with E-state index in [1.54, 1.807) is 11.3 Å². The Morgan fingerprint density at radius 1 is 1.05 bits per heavy atom. The first kappa shape index (κ1) is 28.6. The molecule has 7 nitrogen and oxygen atoms in total. The zero-order valence-corrected chi connectivity index (χ0v) is 24.7. The van der Waals surface area contributed by atoms with Crippen LogP contribution in [-0.4, -0.2) is 30.8 Å². The Balaban J connectivity index is 1.11. The van der Waals surface area contributed by atoms with Gasteiger partial charge in [-0.15, -0.1) is 29.6 Å². The summed E-state index contributed by atoms with van der Waals surface area (Å²) in [5.74, 6) is 0.541. The van der Waals surface area contributed by atoms with Crippen LogP contribution in [0.2, 0.25) is 0 Å². The fourth-order valence-electron chi connectivity index (χ4n) is 4.57. The number of rotatable bonds is 7. The van der Waals surface area contributed by atoms with Crippen molar-refractivity contribution < 1.29 is 17.9 Å². The number of thiazole rings is 1. The van der Waals surface area contributed by atoms with E-state index in [4.69, 9.17) is 17.2 Å². The Morgan fingerprint density at radius 2 is 1.79 bits per heavy atom. The van der Waals surface area contributed by atoms with Crippen molar-refractivity contribution >= 4 is 28.7 Å². The summed E-state index contributed by atoms with van der Waals surface area (Å²) < 4.78 is 44.8. The number of aryl methyl sites for hydroxylation is 2. The van der Waals surface area contributed by atoms with Crippen LogP contribution < -0.4 is 14.9 Å². The molecule has 0 spiro atoms. The Hall–Kier alpha value is -4.55. The molecule has 1 aliphatic rings. The number of halogens is 3. The van der Waals surface area contributed by atoms with Crippen molar-refractivity contribution in [3.63, 3.8) is 0 Å². The predicted octanol–water partition coefficient (Wildman–Crippen LogP) is 6.93. The summed E-state index contributed by atoms with van der Waals surface area (Å²) in [6.07, 6.45) is 1.14. The fourth-order valence-corrected chi connectivity index (χ4v) is 5.66. The van der Waals surface area contributed by atoms with Crippen molar-refractivity contribution in [1.82, 2.24) is 24.6 Å². The molecule has 6 rings (SSSR count). The van der Waals surface area contributed by atoms with E-state index in [9.17, 15) is 13.2 Å². The van der Waals surface area contributed by atoms with Gasteiger partial charge >= 0.3 is 6.36 Å². The standard InChI is InChI=1S/C31H25F3N6OS2/c1-19-3-14-27(26(15-19)22-8-9-22)40-20(2)17-43-30(40)37-29(42)35-16-21-4-6-23(7-5-21)28-36-18-39(38-28)24-10-12-25(13-11-24)41-31(32,33)34/h3-15,17-18,22H,16H2,1-2H3,(H,35,42)/b37-30-. The van der Waals surface area contributed by atoms with E-state index < -0.39 is 6.36 Å². The Labute approximate surface area is 254 Å². The van der Waals surface area contributed by atoms with Gasteiger partial charge in [0.15, 0.2) is 15.7 Å². The number of ether oxygens (including phenoxy) is 1. The SMILES string of the molecule is Cc1ccc(-n2c(C)cs/c2=N\C(=S)NCc2ccc(-c3ncn(-c4ccc(OC(F)(F)F)cc4)n3)cc2)c(C2C=C2)c1. The van der Waals surface area contributed by atoms with Gasteiger partial charge in [-0.1, -0.05) is 54.1 Å². The van der Waals surface area contributed by atoms with E-state index >= 15 is 0 Å². The van der Waals surface area contributed by atoms with Gasteiger partial charge in [0, 0.05) is 29.1 Å². The first-order valence-corrected chi connectivity index (χ1v) is 14.6. The maximum atomic E-state index is 12.4. The van der Waals surface area contributed by atoms with Crippen molar-refractivity contribution in [2.45, 2.75) is 32.7 Å². The molecule has 2 aromatic heterocycles. The second-order valence-electron chi connectivity index (χ2n) is 9.99. The van der Waals surface area contributed by atoms with Gasteiger partial charge < -0.3 is 10.1 Å². The summed E-state index contributed by atoms with van der Waals surface area (Å²) in [6, 6.07) is 19.6. The first-order valence-electron chi connectivity index (χ1n) is 13.3. The third kappa shape index (κ3) is 6.76. The van der Waals surface area contributed by atoms with Crippen molar-refractivity contribution in [3.05, 3.63) is 118 Å². The third-order valence-corrected chi connectivity index (χ3v) is 7.91. The molecule has 0 bridgehead atoms. The van der Waals surface area contributed by atoms with Gasteiger partial charge in [0.25, 0.3) is 0 Å². The highest BCUT2D eigenvalue weighted by molar-refractivity contribution is 7.80. The van der Waals surface area contributed by atoms with E-state index in [2.05, 4.69) is 74.3 Å². The second kappa shape index (κ2) is 11.6. The quantitative estimate of drug-likeness (QED) is 0.158. The molecule has 0 amide bonds. The molecule has 0 radical (unpaired) electrons. The molecule has 5 aromatic rings. The number of alkyl halides is 3. The van der Waals surface area contributed by atoms with Gasteiger partial charge in [0.1, 0.15) is 12.1 Å². The topological polar surface area (TPSA) is 69.3 Å². The number of nitrogens with zero attached hydrogens (tertiary/aromatic N) is 5. The molecular formula is C31H25F3N6OS2. The van der Waals surface area contributed by atoms with Crippen molar-refractivity contribution in [2.24, 2.45) is 4.99 Å². The van der Waals surface area contributed by atoms with Crippen LogP contribution in [0.15, 0.2) is 95.6 Å². The van der Waals surface area contributed by atoms with Gasteiger partial charge in [0.2, 0.25) is 0 Å².